The third kappa shape index (κ3) is 4.39. The van der Waals surface area contributed by atoms with E-state index in [1.807, 2.05) is 18.2 Å². The molecule has 31 heavy (non-hydrogen) atoms. The highest BCUT2D eigenvalue weighted by atomic mass is 16.6. The molecular weight excluding hydrogens is 400 g/mol. The molecule has 1 aromatic heterocycles. The standard InChI is InChI=1S/C23H28N2O6/c26-22(15-4-7-28-8-5-15)17-1-2-19-16(11-17)3-6-25-20(19)12-21(24-23(25)27)31-14-18-13-29-9-10-30-18/h1-2,11-12,15,18,22,26H,3-10,13-14H2/t18-,22?/m1/s1. The molecule has 3 aliphatic heterocycles. The predicted octanol–water partition coefficient (Wildman–Crippen LogP) is 1.72. The number of hydrogen-bond acceptors (Lipinski definition) is 7. The Kier molecular flexibility index (Phi) is 6.04. The number of aromatic nitrogens is 2. The lowest BCUT2D eigenvalue weighted by atomic mass is 9.86. The molecule has 0 spiro atoms. The number of ether oxygens (including phenoxy) is 4. The first-order valence-corrected chi connectivity index (χ1v) is 11.0. The molecule has 0 radical (unpaired) electrons. The van der Waals surface area contributed by atoms with E-state index in [1.54, 1.807) is 4.57 Å². The minimum absolute atomic E-state index is 0.157. The summed E-state index contributed by atoms with van der Waals surface area (Å²) in [6.07, 6.45) is 1.83. The van der Waals surface area contributed by atoms with E-state index in [9.17, 15) is 9.90 Å². The number of rotatable bonds is 5. The maximum Gasteiger partial charge on any atom is 0.351 e. The quantitative estimate of drug-likeness (QED) is 0.775. The molecule has 0 saturated carbocycles. The van der Waals surface area contributed by atoms with E-state index in [-0.39, 0.29) is 17.7 Å². The van der Waals surface area contributed by atoms with Crippen LogP contribution in [0.3, 0.4) is 0 Å². The molecule has 5 rings (SSSR count). The van der Waals surface area contributed by atoms with Gasteiger partial charge in [-0.1, -0.05) is 18.2 Å². The highest BCUT2D eigenvalue weighted by Gasteiger charge is 2.26. The third-order valence-electron chi connectivity index (χ3n) is 6.35. The number of aliphatic hydroxyl groups excluding tert-OH is 1. The van der Waals surface area contributed by atoms with Gasteiger partial charge in [-0.3, -0.25) is 4.57 Å². The summed E-state index contributed by atoms with van der Waals surface area (Å²) < 4.78 is 23.9. The van der Waals surface area contributed by atoms with Gasteiger partial charge in [0.2, 0.25) is 5.88 Å². The van der Waals surface area contributed by atoms with E-state index in [0.717, 1.165) is 41.6 Å². The van der Waals surface area contributed by atoms with E-state index < -0.39 is 6.10 Å². The van der Waals surface area contributed by atoms with Crippen molar-refractivity contribution >= 4 is 0 Å². The molecule has 0 amide bonds. The molecule has 4 heterocycles. The summed E-state index contributed by atoms with van der Waals surface area (Å²) >= 11 is 0. The van der Waals surface area contributed by atoms with Crippen LogP contribution in [-0.4, -0.2) is 60.4 Å². The molecule has 2 saturated heterocycles. The lowest BCUT2D eigenvalue weighted by Gasteiger charge is -2.28. The zero-order chi connectivity index (χ0) is 21.2. The highest BCUT2D eigenvalue weighted by molar-refractivity contribution is 5.67. The van der Waals surface area contributed by atoms with Crippen LogP contribution in [0.5, 0.6) is 5.88 Å². The smallest absolute Gasteiger partial charge is 0.351 e. The lowest BCUT2D eigenvalue weighted by molar-refractivity contribution is -0.102. The van der Waals surface area contributed by atoms with Crippen molar-refractivity contribution in [1.82, 2.24) is 9.55 Å². The maximum absolute atomic E-state index is 12.6. The van der Waals surface area contributed by atoms with Crippen LogP contribution in [-0.2, 0) is 27.2 Å². The van der Waals surface area contributed by atoms with Crippen molar-refractivity contribution < 1.29 is 24.1 Å². The molecule has 8 heteroatoms. The Balaban J connectivity index is 1.38. The normalized spacial score (nSPS) is 22.4. The van der Waals surface area contributed by atoms with Crippen LogP contribution in [0.25, 0.3) is 11.3 Å². The van der Waals surface area contributed by atoms with Gasteiger partial charge < -0.3 is 24.1 Å². The Morgan fingerprint density at radius 2 is 2.03 bits per heavy atom. The number of aliphatic hydroxyl groups is 1. The molecular formula is C23H28N2O6. The second-order valence-electron chi connectivity index (χ2n) is 8.35. The summed E-state index contributed by atoms with van der Waals surface area (Å²) in [5.41, 5.74) is 3.52. The van der Waals surface area contributed by atoms with Crippen LogP contribution in [0, 0.1) is 5.92 Å². The summed E-state index contributed by atoms with van der Waals surface area (Å²) in [4.78, 5) is 16.7. The van der Waals surface area contributed by atoms with E-state index in [1.165, 1.54) is 0 Å². The first-order chi connectivity index (χ1) is 15.2. The fourth-order valence-electron chi connectivity index (χ4n) is 4.60. The van der Waals surface area contributed by atoms with Gasteiger partial charge in [0, 0.05) is 31.4 Å². The number of aryl methyl sites for hydroxylation is 1. The van der Waals surface area contributed by atoms with Crippen LogP contribution < -0.4 is 10.4 Å². The van der Waals surface area contributed by atoms with Crippen LogP contribution in [0.4, 0.5) is 0 Å². The van der Waals surface area contributed by atoms with Crippen LogP contribution in [0.1, 0.15) is 30.1 Å². The van der Waals surface area contributed by atoms with E-state index >= 15 is 0 Å². The van der Waals surface area contributed by atoms with Crippen LogP contribution >= 0.6 is 0 Å². The summed E-state index contributed by atoms with van der Waals surface area (Å²) in [5.74, 6) is 0.519. The number of nitrogens with zero attached hydrogens (tertiary/aromatic N) is 2. The number of benzene rings is 1. The SMILES string of the molecule is O=c1nc(OC[C@H]2COCCO2)cc2n1CCc1cc(C(O)C3CCOCC3)ccc1-2. The fourth-order valence-corrected chi connectivity index (χ4v) is 4.60. The Morgan fingerprint density at radius 3 is 2.84 bits per heavy atom. The van der Waals surface area contributed by atoms with Crippen molar-refractivity contribution in [2.24, 2.45) is 5.92 Å². The minimum Gasteiger partial charge on any atom is -0.475 e. The van der Waals surface area contributed by atoms with Gasteiger partial charge in [0.1, 0.15) is 12.7 Å². The molecule has 1 aromatic carbocycles. The second kappa shape index (κ2) is 9.08. The monoisotopic (exact) mass is 428 g/mol. The zero-order valence-corrected chi connectivity index (χ0v) is 17.5. The average molecular weight is 428 g/mol. The van der Waals surface area contributed by atoms with Gasteiger partial charge in [0.25, 0.3) is 0 Å². The number of fused-ring (bicyclic) bond motifs is 3. The van der Waals surface area contributed by atoms with Gasteiger partial charge >= 0.3 is 5.69 Å². The third-order valence-corrected chi connectivity index (χ3v) is 6.35. The molecule has 2 aromatic rings. The van der Waals surface area contributed by atoms with E-state index in [2.05, 4.69) is 11.1 Å². The van der Waals surface area contributed by atoms with Crippen molar-refractivity contribution in [2.75, 3.05) is 39.6 Å². The topological polar surface area (TPSA) is 92.0 Å². The van der Waals surface area contributed by atoms with Crippen molar-refractivity contribution in [1.29, 1.82) is 0 Å². The van der Waals surface area contributed by atoms with E-state index in [0.29, 0.717) is 52.1 Å². The molecule has 166 valence electrons. The largest absolute Gasteiger partial charge is 0.475 e. The zero-order valence-electron chi connectivity index (χ0n) is 17.5. The average Bonchev–Trinajstić information content (AvgIpc) is 2.83. The van der Waals surface area contributed by atoms with Gasteiger partial charge in [0.05, 0.1) is 31.6 Å². The molecule has 2 atom stereocenters. The molecule has 8 nitrogen and oxygen atoms in total. The fraction of sp³-hybridized carbons (Fsp3) is 0.565. The number of hydrogen-bond donors (Lipinski definition) is 1. The van der Waals surface area contributed by atoms with Gasteiger partial charge in [-0.15, -0.1) is 0 Å². The Labute approximate surface area is 180 Å². The van der Waals surface area contributed by atoms with Crippen molar-refractivity contribution in [3.63, 3.8) is 0 Å². The Hall–Kier alpha value is -2.26. The maximum atomic E-state index is 12.6. The summed E-state index contributed by atoms with van der Waals surface area (Å²) in [7, 11) is 0. The summed E-state index contributed by atoms with van der Waals surface area (Å²) in [6, 6.07) is 7.86. The van der Waals surface area contributed by atoms with E-state index in [4.69, 9.17) is 18.9 Å². The molecule has 3 aliphatic rings. The molecule has 1 unspecified atom stereocenters. The van der Waals surface area contributed by atoms with Gasteiger partial charge in [-0.05, 0) is 36.3 Å². The van der Waals surface area contributed by atoms with Crippen molar-refractivity contribution in [3.05, 3.63) is 45.9 Å². The van der Waals surface area contributed by atoms with Gasteiger partial charge in [-0.25, -0.2) is 4.79 Å². The Morgan fingerprint density at radius 1 is 1.16 bits per heavy atom. The highest BCUT2D eigenvalue weighted by Crippen LogP contribution is 2.35. The van der Waals surface area contributed by atoms with Crippen molar-refractivity contribution in [2.45, 2.75) is 38.0 Å². The molecule has 2 fully saturated rings. The van der Waals surface area contributed by atoms with Gasteiger partial charge in [0.15, 0.2) is 0 Å². The second-order valence-corrected chi connectivity index (χ2v) is 8.35. The lowest BCUT2D eigenvalue weighted by Crippen LogP contribution is -2.34. The van der Waals surface area contributed by atoms with Crippen LogP contribution in [0.2, 0.25) is 0 Å². The minimum atomic E-state index is -0.493. The summed E-state index contributed by atoms with van der Waals surface area (Å²) in [6.45, 7) is 3.88. The van der Waals surface area contributed by atoms with Gasteiger partial charge in [-0.2, -0.15) is 4.98 Å². The molecule has 1 N–H and O–H groups in total. The molecule has 0 aliphatic carbocycles. The molecule has 0 bridgehead atoms. The Bertz CT molecular complexity index is 979. The van der Waals surface area contributed by atoms with Crippen LogP contribution in [0.15, 0.2) is 29.1 Å². The first-order valence-electron chi connectivity index (χ1n) is 11.0. The predicted molar refractivity (Wildman–Crippen MR) is 112 cm³/mol. The van der Waals surface area contributed by atoms with Crippen molar-refractivity contribution in [3.8, 4) is 17.1 Å². The first kappa shape index (κ1) is 20.6. The summed E-state index contributed by atoms with van der Waals surface area (Å²) in [5, 5.41) is 10.9.